The lowest BCUT2D eigenvalue weighted by Gasteiger charge is -2.06. The Hall–Kier alpha value is -2.20. The summed E-state index contributed by atoms with van der Waals surface area (Å²) in [7, 11) is 0. The lowest BCUT2D eigenvalue weighted by molar-refractivity contribution is 0.103. The van der Waals surface area contributed by atoms with E-state index < -0.39 is 0 Å². The number of hydrogen-bond donors (Lipinski definition) is 1. The van der Waals surface area contributed by atoms with Crippen molar-refractivity contribution in [2.45, 2.75) is 0 Å². The first-order valence-corrected chi connectivity index (χ1v) is 6.89. The molecule has 0 saturated heterocycles. The molecular weight excluding hydrogens is 316 g/mol. The number of carbonyl (C=O) groups is 1. The summed E-state index contributed by atoms with van der Waals surface area (Å²) in [6, 6.07) is 14.8. The maximum atomic E-state index is 12.5. The fraction of sp³-hybridized carbons (Fsp3) is 0. The molecule has 3 aromatic rings. The number of para-hydroxylation sites is 1. The third kappa shape index (κ3) is 2.30. The quantitative estimate of drug-likeness (QED) is 0.575. The number of hydrogen-bond acceptors (Lipinski definition) is 3. The van der Waals surface area contributed by atoms with E-state index >= 15 is 0 Å². The predicted molar refractivity (Wildman–Crippen MR) is 83.7 cm³/mol. The Balaban J connectivity index is 2.08. The van der Waals surface area contributed by atoms with Crippen LogP contribution in [0.15, 0.2) is 59.2 Å². The van der Waals surface area contributed by atoms with Crippen LogP contribution in [0.3, 0.4) is 0 Å². The number of nitrogens with zero attached hydrogens (tertiary/aromatic N) is 1. The van der Waals surface area contributed by atoms with Gasteiger partial charge in [0, 0.05) is 32.9 Å². The molecular formula is C16H11BrN2O. The predicted octanol–water partition coefficient (Wildman–Crippen LogP) is 3.81. The highest BCUT2D eigenvalue weighted by atomic mass is 79.9. The van der Waals surface area contributed by atoms with Gasteiger partial charge < -0.3 is 5.73 Å². The molecule has 0 aliphatic rings. The molecule has 4 heteroatoms. The Bertz CT molecular complexity index is 814. The van der Waals surface area contributed by atoms with Crippen molar-refractivity contribution in [1.29, 1.82) is 0 Å². The molecule has 3 nitrogen and oxygen atoms in total. The lowest BCUT2D eigenvalue weighted by Crippen LogP contribution is -2.05. The Morgan fingerprint density at radius 1 is 1.10 bits per heavy atom. The standard InChI is InChI=1S/C16H11BrN2O/c17-12-5-6-13(14(18)8-12)16(20)11-7-10-3-1-2-4-15(10)19-9-11/h1-9H,18H2. The van der Waals surface area contributed by atoms with Gasteiger partial charge in [-0.1, -0.05) is 34.1 Å². The van der Waals surface area contributed by atoms with Gasteiger partial charge in [-0.25, -0.2) is 0 Å². The molecule has 0 radical (unpaired) electrons. The van der Waals surface area contributed by atoms with Crippen molar-refractivity contribution in [3.63, 3.8) is 0 Å². The smallest absolute Gasteiger partial charge is 0.196 e. The van der Waals surface area contributed by atoms with Crippen LogP contribution >= 0.6 is 15.9 Å². The van der Waals surface area contributed by atoms with E-state index in [4.69, 9.17) is 5.73 Å². The van der Waals surface area contributed by atoms with E-state index in [0.717, 1.165) is 15.4 Å². The zero-order chi connectivity index (χ0) is 14.1. The number of rotatable bonds is 2. The van der Waals surface area contributed by atoms with Gasteiger partial charge in [0.2, 0.25) is 0 Å². The molecule has 0 saturated carbocycles. The molecule has 0 amide bonds. The van der Waals surface area contributed by atoms with Crippen molar-refractivity contribution in [3.05, 3.63) is 70.3 Å². The first kappa shape index (κ1) is 12.8. The van der Waals surface area contributed by atoms with Crippen molar-refractivity contribution < 1.29 is 4.79 Å². The van der Waals surface area contributed by atoms with Gasteiger partial charge in [-0.15, -0.1) is 0 Å². The van der Waals surface area contributed by atoms with Crippen LogP contribution in [0.5, 0.6) is 0 Å². The molecule has 1 heterocycles. The van der Waals surface area contributed by atoms with E-state index in [9.17, 15) is 4.79 Å². The van der Waals surface area contributed by atoms with Crippen LogP contribution in [0.1, 0.15) is 15.9 Å². The number of fused-ring (bicyclic) bond motifs is 1. The minimum absolute atomic E-state index is 0.117. The lowest BCUT2D eigenvalue weighted by atomic mass is 10.0. The van der Waals surface area contributed by atoms with E-state index in [1.165, 1.54) is 0 Å². The third-order valence-corrected chi connectivity index (χ3v) is 3.60. The molecule has 0 unspecified atom stereocenters. The molecule has 20 heavy (non-hydrogen) atoms. The highest BCUT2D eigenvalue weighted by molar-refractivity contribution is 9.10. The topological polar surface area (TPSA) is 56.0 Å². The van der Waals surface area contributed by atoms with Gasteiger partial charge in [0.15, 0.2) is 5.78 Å². The SMILES string of the molecule is Nc1cc(Br)ccc1C(=O)c1cnc2ccccc2c1. The second-order valence-electron chi connectivity index (χ2n) is 4.48. The van der Waals surface area contributed by atoms with Gasteiger partial charge in [-0.3, -0.25) is 9.78 Å². The molecule has 0 aliphatic carbocycles. The number of nitrogens with two attached hydrogens (primary N) is 1. The molecule has 0 atom stereocenters. The summed E-state index contributed by atoms with van der Waals surface area (Å²) in [6.07, 6.45) is 1.59. The summed E-state index contributed by atoms with van der Waals surface area (Å²) in [5.41, 5.74) is 8.26. The van der Waals surface area contributed by atoms with E-state index in [0.29, 0.717) is 16.8 Å². The van der Waals surface area contributed by atoms with Gasteiger partial charge in [-0.2, -0.15) is 0 Å². The second-order valence-corrected chi connectivity index (χ2v) is 5.39. The first-order chi connectivity index (χ1) is 9.65. The van der Waals surface area contributed by atoms with Gasteiger partial charge in [-0.05, 0) is 30.3 Å². The van der Waals surface area contributed by atoms with Crippen molar-refractivity contribution in [1.82, 2.24) is 4.98 Å². The van der Waals surface area contributed by atoms with Gasteiger partial charge in [0.25, 0.3) is 0 Å². The van der Waals surface area contributed by atoms with Crippen molar-refractivity contribution in [2.75, 3.05) is 5.73 Å². The van der Waals surface area contributed by atoms with Crippen LogP contribution in [0.2, 0.25) is 0 Å². The number of carbonyl (C=O) groups excluding carboxylic acids is 1. The number of aromatic nitrogens is 1. The Morgan fingerprint density at radius 2 is 1.90 bits per heavy atom. The van der Waals surface area contributed by atoms with Crippen LogP contribution in [-0.2, 0) is 0 Å². The van der Waals surface area contributed by atoms with Crippen molar-refractivity contribution >= 4 is 38.3 Å². The number of nitrogen functional groups attached to an aromatic ring is 1. The van der Waals surface area contributed by atoms with E-state index in [2.05, 4.69) is 20.9 Å². The van der Waals surface area contributed by atoms with Crippen LogP contribution in [0.25, 0.3) is 10.9 Å². The normalized spacial score (nSPS) is 10.7. The molecule has 1 aromatic heterocycles. The van der Waals surface area contributed by atoms with Gasteiger partial charge in [0.05, 0.1) is 5.52 Å². The maximum Gasteiger partial charge on any atom is 0.196 e. The third-order valence-electron chi connectivity index (χ3n) is 3.11. The molecule has 0 fully saturated rings. The highest BCUT2D eigenvalue weighted by Crippen LogP contribution is 2.22. The molecule has 2 aromatic carbocycles. The fourth-order valence-electron chi connectivity index (χ4n) is 2.09. The van der Waals surface area contributed by atoms with E-state index in [1.54, 1.807) is 24.4 Å². The molecule has 2 N–H and O–H groups in total. The van der Waals surface area contributed by atoms with Gasteiger partial charge >= 0.3 is 0 Å². The number of pyridine rings is 1. The molecule has 3 rings (SSSR count). The van der Waals surface area contributed by atoms with Crippen LogP contribution < -0.4 is 5.73 Å². The number of benzene rings is 2. The van der Waals surface area contributed by atoms with Crippen LogP contribution in [0.4, 0.5) is 5.69 Å². The zero-order valence-electron chi connectivity index (χ0n) is 10.5. The summed E-state index contributed by atoms with van der Waals surface area (Å²) in [5.74, 6) is -0.117. The molecule has 0 spiro atoms. The average Bonchev–Trinajstić information content (AvgIpc) is 2.46. The Morgan fingerprint density at radius 3 is 2.70 bits per heavy atom. The van der Waals surface area contributed by atoms with E-state index in [-0.39, 0.29) is 5.78 Å². The first-order valence-electron chi connectivity index (χ1n) is 6.09. The molecule has 0 bridgehead atoms. The minimum atomic E-state index is -0.117. The maximum absolute atomic E-state index is 12.5. The largest absolute Gasteiger partial charge is 0.398 e. The monoisotopic (exact) mass is 326 g/mol. The number of ketones is 1. The summed E-state index contributed by atoms with van der Waals surface area (Å²) in [4.78, 5) is 16.8. The van der Waals surface area contributed by atoms with Gasteiger partial charge in [0.1, 0.15) is 0 Å². The summed E-state index contributed by atoms with van der Waals surface area (Å²) >= 11 is 3.33. The van der Waals surface area contributed by atoms with Crippen LogP contribution in [-0.4, -0.2) is 10.8 Å². The summed E-state index contributed by atoms with van der Waals surface area (Å²) in [5, 5.41) is 0.939. The molecule has 0 aliphatic heterocycles. The summed E-state index contributed by atoms with van der Waals surface area (Å²) in [6.45, 7) is 0. The highest BCUT2D eigenvalue weighted by Gasteiger charge is 2.13. The average molecular weight is 327 g/mol. The Labute approximate surface area is 124 Å². The summed E-state index contributed by atoms with van der Waals surface area (Å²) < 4.78 is 0.850. The van der Waals surface area contributed by atoms with Crippen molar-refractivity contribution in [2.24, 2.45) is 0 Å². The number of halogens is 1. The molecule has 98 valence electrons. The minimum Gasteiger partial charge on any atom is -0.398 e. The van der Waals surface area contributed by atoms with Crippen molar-refractivity contribution in [3.8, 4) is 0 Å². The zero-order valence-corrected chi connectivity index (χ0v) is 12.1. The number of anilines is 1. The fourth-order valence-corrected chi connectivity index (χ4v) is 2.47. The van der Waals surface area contributed by atoms with E-state index in [1.807, 2.05) is 30.3 Å². The Kier molecular flexibility index (Phi) is 3.24. The second kappa shape index (κ2) is 5.06. The van der Waals surface area contributed by atoms with Crippen LogP contribution in [0, 0.1) is 0 Å².